The van der Waals surface area contributed by atoms with Gasteiger partial charge in [-0.2, -0.15) is 0 Å². The zero-order chi connectivity index (χ0) is 12.3. The van der Waals surface area contributed by atoms with Gasteiger partial charge in [0.1, 0.15) is 6.29 Å². The fraction of sp³-hybridized carbons (Fsp3) is 0.0769. The van der Waals surface area contributed by atoms with Gasteiger partial charge in [-0.15, -0.1) is 0 Å². The number of rotatable bonds is 3. The highest BCUT2D eigenvalue weighted by Gasteiger charge is 2.06. The molecule has 86 valence electrons. The Hall–Kier alpha value is -2.10. The van der Waals surface area contributed by atoms with Crippen LogP contribution in [0.3, 0.4) is 0 Å². The zero-order valence-corrected chi connectivity index (χ0v) is 8.86. The molecule has 2 rings (SSSR count). The molecule has 4 heteroatoms. The molecule has 0 N–H and O–H groups in total. The number of carbonyl (C=O) groups is 1. The monoisotopic (exact) mass is 233 g/mol. The lowest BCUT2D eigenvalue weighted by molar-refractivity contribution is -0.107. The summed E-state index contributed by atoms with van der Waals surface area (Å²) in [6.07, 6.45) is 2.60. The number of hydrogen-bond donors (Lipinski definition) is 0. The van der Waals surface area contributed by atoms with Crippen molar-refractivity contribution in [3.63, 3.8) is 0 Å². The third-order valence-electron chi connectivity index (χ3n) is 2.36. The second-order valence-electron chi connectivity index (χ2n) is 3.55. The molecular formula is C13H9F2NO. The smallest absolute Gasteiger partial charge is 0.159 e. The van der Waals surface area contributed by atoms with Crippen LogP contribution in [0.2, 0.25) is 0 Å². The largest absolute Gasteiger partial charge is 0.303 e. The van der Waals surface area contributed by atoms with E-state index in [2.05, 4.69) is 4.98 Å². The number of aromatic nitrogens is 1. The van der Waals surface area contributed by atoms with Gasteiger partial charge in [0.2, 0.25) is 0 Å². The van der Waals surface area contributed by atoms with E-state index in [4.69, 9.17) is 0 Å². The van der Waals surface area contributed by atoms with Crippen LogP contribution in [0.5, 0.6) is 0 Å². The summed E-state index contributed by atoms with van der Waals surface area (Å²) in [5.41, 5.74) is 1.79. The summed E-state index contributed by atoms with van der Waals surface area (Å²) in [5, 5.41) is 0. The number of hydrogen-bond acceptors (Lipinski definition) is 2. The molecule has 0 aliphatic rings. The van der Waals surface area contributed by atoms with Gasteiger partial charge in [0, 0.05) is 18.2 Å². The molecule has 1 aromatic heterocycles. The van der Waals surface area contributed by atoms with Gasteiger partial charge in [0.25, 0.3) is 0 Å². The first-order valence-electron chi connectivity index (χ1n) is 5.04. The first kappa shape index (κ1) is 11.4. The number of pyridine rings is 1. The molecule has 0 atom stereocenters. The first-order valence-corrected chi connectivity index (χ1v) is 5.04. The summed E-state index contributed by atoms with van der Waals surface area (Å²) in [6.45, 7) is 0. The van der Waals surface area contributed by atoms with Crippen LogP contribution in [0.1, 0.15) is 5.56 Å². The predicted molar refractivity (Wildman–Crippen MR) is 59.4 cm³/mol. The lowest BCUT2D eigenvalue weighted by atomic mass is 10.1. The minimum absolute atomic E-state index is 0.277. The maximum Gasteiger partial charge on any atom is 0.159 e. The summed E-state index contributed by atoms with van der Waals surface area (Å²) < 4.78 is 25.8. The third-order valence-corrected chi connectivity index (χ3v) is 2.36. The minimum atomic E-state index is -0.912. The van der Waals surface area contributed by atoms with E-state index in [-0.39, 0.29) is 6.42 Å². The van der Waals surface area contributed by atoms with E-state index in [1.165, 1.54) is 12.3 Å². The fourth-order valence-electron chi connectivity index (χ4n) is 1.51. The third kappa shape index (κ3) is 2.53. The van der Waals surface area contributed by atoms with E-state index in [1.807, 2.05) is 0 Å². The maximum absolute atomic E-state index is 13.1. The quantitative estimate of drug-likeness (QED) is 0.763. The van der Waals surface area contributed by atoms with Crippen LogP contribution in [0.15, 0.2) is 36.5 Å². The SMILES string of the molecule is O=CCc1ccnc(-c2ccc(F)c(F)c2)c1. The normalized spacial score (nSPS) is 10.2. The number of carbonyl (C=O) groups excluding carboxylic acids is 1. The van der Waals surface area contributed by atoms with E-state index in [0.29, 0.717) is 11.3 Å². The number of halogens is 2. The van der Waals surface area contributed by atoms with Gasteiger partial charge in [0.15, 0.2) is 11.6 Å². The van der Waals surface area contributed by atoms with Gasteiger partial charge in [-0.05, 0) is 35.9 Å². The second kappa shape index (κ2) is 4.82. The summed E-state index contributed by atoms with van der Waals surface area (Å²) in [4.78, 5) is 14.4. The van der Waals surface area contributed by atoms with Crippen molar-refractivity contribution in [1.29, 1.82) is 0 Å². The van der Waals surface area contributed by atoms with Crippen LogP contribution in [-0.2, 0) is 11.2 Å². The molecule has 0 bridgehead atoms. The van der Waals surface area contributed by atoms with Gasteiger partial charge in [0.05, 0.1) is 5.69 Å². The Bertz CT molecular complexity index is 555. The zero-order valence-electron chi connectivity index (χ0n) is 8.86. The van der Waals surface area contributed by atoms with Crippen molar-refractivity contribution < 1.29 is 13.6 Å². The van der Waals surface area contributed by atoms with Crippen LogP contribution in [0.25, 0.3) is 11.3 Å². The summed E-state index contributed by atoms with van der Waals surface area (Å²) in [7, 11) is 0. The Morgan fingerprint density at radius 2 is 1.94 bits per heavy atom. The highest BCUT2D eigenvalue weighted by Crippen LogP contribution is 2.20. The molecule has 0 unspecified atom stereocenters. The summed E-state index contributed by atoms with van der Waals surface area (Å²) in [6, 6.07) is 6.98. The molecule has 0 spiro atoms. The maximum atomic E-state index is 13.1. The molecular weight excluding hydrogens is 224 g/mol. The van der Waals surface area contributed by atoms with Crippen molar-refractivity contribution in [2.24, 2.45) is 0 Å². The lowest BCUT2D eigenvalue weighted by Crippen LogP contribution is -1.91. The molecule has 0 aliphatic heterocycles. The lowest BCUT2D eigenvalue weighted by Gasteiger charge is -2.03. The Morgan fingerprint density at radius 3 is 2.65 bits per heavy atom. The standard InChI is InChI=1S/C13H9F2NO/c14-11-2-1-10(8-12(11)15)13-7-9(4-6-17)3-5-16-13/h1-3,5-8H,4H2. The molecule has 0 amide bonds. The van der Waals surface area contributed by atoms with Crippen molar-refractivity contribution in [3.8, 4) is 11.3 Å². The fourth-order valence-corrected chi connectivity index (χ4v) is 1.51. The molecule has 0 radical (unpaired) electrons. The molecule has 1 heterocycles. The van der Waals surface area contributed by atoms with Gasteiger partial charge in [-0.25, -0.2) is 8.78 Å². The Balaban J connectivity index is 2.41. The van der Waals surface area contributed by atoms with Gasteiger partial charge in [-0.1, -0.05) is 0 Å². The molecule has 0 aliphatic carbocycles. The summed E-state index contributed by atoms with van der Waals surface area (Å²) >= 11 is 0. The van der Waals surface area contributed by atoms with Crippen molar-refractivity contribution in [2.45, 2.75) is 6.42 Å². The average molecular weight is 233 g/mol. The highest BCUT2D eigenvalue weighted by molar-refractivity contribution is 5.62. The van der Waals surface area contributed by atoms with Crippen molar-refractivity contribution in [3.05, 3.63) is 53.7 Å². The molecule has 2 aromatic rings. The van der Waals surface area contributed by atoms with Crippen LogP contribution in [-0.4, -0.2) is 11.3 Å². The number of benzene rings is 1. The Labute approximate surface area is 96.9 Å². The molecule has 1 aromatic carbocycles. The van der Waals surface area contributed by atoms with Crippen molar-refractivity contribution in [2.75, 3.05) is 0 Å². The van der Waals surface area contributed by atoms with E-state index in [9.17, 15) is 13.6 Å². The highest BCUT2D eigenvalue weighted by atomic mass is 19.2. The molecule has 0 saturated carbocycles. The van der Waals surface area contributed by atoms with Crippen LogP contribution in [0, 0.1) is 11.6 Å². The minimum Gasteiger partial charge on any atom is -0.303 e. The second-order valence-corrected chi connectivity index (χ2v) is 3.55. The average Bonchev–Trinajstić information content (AvgIpc) is 2.33. The van der Waals surface area contributed by atoms with Crippen LogP contribution >= 0.6 is 0 Å². The van der Waals surface area contributed by atoms with Crippen LogP contribution < -0.4 is 0 Å². The Morgan fingerprint density at radius 1 is 1.12 bits per heavy atom. The van der Waals surface area contributed by atoms with E-state index < -0.39 is 11.6 Å². The molecule has 17 heavy (non-hydrogen) atoms. The van der Waals surface area contributed by atoms with Crippen molar-refractivity contribution in [1.82, 2.24) is 4.98 Å². The molecule has 0 fully saturated rings. The van der Waals surface area contributed by atoms with Gasteiger partial charge < -0.3 is 4.79 Å². The van der Waals surface area contributed by atoms with Gasteiger partial charge >= 0.3 is 0 Å². The van der Waals surface area contributed by atoms with Crippen LogP contribution in [0.4, 0.5) is 8.78 Å². The number of nitrogens with zero attached hydrogens (tertiary/aromatic N) is 1. The van der Waals surface area contributed by atoms with Gasteiger partial charge in [-0.3, -0.25) is 4.98 Å². The van der Waals surface area contributed by atoms with E-state index >= 15 is 0 Å². The summed E-state index contributed by atoms with van der Waals surface area (Å²) in [5.74, 6) is -1.80. The molecule has 2 nitrogen and oxygen atoms in total. The van der Waals surface area contributed by atoms with E-state index in [0.717, 1.165) is 24.0 Å². The van der Waals surface area contributed by atoms with Crippen molar-refractivity contribution >= 4 is 6.29 Å². The molecule has 0 saturated heterocycles. The number of aldehydes is 1. The first-order chi connectivity index (χ1) is 8.20. The predicted octanol–water partition coefficient (Wildman–Crippen LogP) is 2.77. The Kier molecular flexibility index (Phi) is 3.23. The van der Waals surface area contributed by atoms with E-state index in [1.54, 1.807) is 12.1 Å². The topological polar surface area (TPSA) is 30.0 Å².